The number of rotatable bonds is 5. The van der Waals surface area contributed by atoms with Crippen molar-refractivity contribution in [3.63, 3.8) is 0 Å². The molecule has 1 aromatic heterocycles. The Balaban J connectivity index is 2.27. The summed E-state index contributed by atoms with van der Waals surface area (Å²) < 4.78 is 5.41. The molecule has 0 bridgehead atoms. The van der Waals surface area contributed by atoms with Crippen LogP contribution in [0.4, 0.5) is 5.00 Å². The molecule has 4 nitrogen and oxygen atoms in total. The van der Waals surface area contributed by atoms with E-state index >= 15 is 0 Å². The number of thiocarbonyl (C=S) groups is 1. The summed E-state index contributed by atoms with van der Waals surface area (Å²) >= 11 is 6.87. The van der Waals surface area contributed by atoms with E-state index in [4.69, 9.17) is 17.0 Å². The lowest BCUT2D eigenvalue weighted by Gasteiger charge is -2.14. The van der Waals surface area contributed by atoms with E-state index in [2.05, 4.69) is 17.2 Å². The average Bonchev–Trinajstić information content (AvgIpc) is 2.82. The number of fused-ring (bicyclic) bond motifs is 1. The van der Waals surface area contributed by atoms with Gasteiger partial charge >= 0.3 is 5.97 Å². The average molecular weight is 338 g/mol. The largest absolute Gasteiger partial charge is 0.459 e. The molecule has 0 spiro atoms. The number of aryl methyl sites for hydroxylation is 1. The normalized spacial score (nSPS) is 13.4. The van der Waals surface area contributed by atoms with Gasteiger partial charge in [-0.1, -0.05) is 6.08 Å². The third-order valence-corrected chi connectivity index (χ3v) is 4.81. The SMILES string of the molecule is C=CCNC(=S)Nc1sc2c(c1C(=O)OC(C)C)CCCC2. The van der Waals surface area contributed by atoms with Gasteiger partial charge in [0.25, 0.3) is 0 Å². The topological polar surface area (TPSA) is 50.4 Å². The Morgan fingerprint density at radius 1 is 1.45 bits per heavy atom. The summed E-state index contributed by atoms with van der Waals surface area (Å²) in [7, 11) is 0. The van der Waals surface area contributed by atoms with Crippen molar-refractivity contribution in [1.29, 1.82) is 0 Å². The maximum atomic E-state index is 12.5. The molecule has 0 atom stereocenters. The van der Waals surface area contributed by atoms with Crippen LogP contribution in [0.3, 0.4) is 0 Å². The summed E-state index contributed by atoms with van der Waals surface area (Å²) in [6, 6.07) is 0. The van der Waals surface area contributed by atoms with E-state index in [-0.39, 0.29) is 12.1 Å². The molecule has 1 heterocycles. The Labute approximate surface area is 140 Å². The van der Waals surface area contributed by atoms with Crippen LogP contribution in [0.1, 0.15) is 47.5 Å². The van der Waals surface area contributed by atoms with Gasteiger partial charge in [0.1, 0.15) is 5.00 Å². The molecule has 2 rings (SSSR count). The summed E-state index contributed by atoms with van der Waals surface area (Å²) in [6.45, 7) is 7.96. The van der Waals surface area contributed by atoms with Crippen molar-refractivity contribution in [3.8, 4) is 0 Å². The standard InChI is InChI=1S/C16H22N2O2S2/c1-4-9-17-16(21)18-14-13(15(19)20-10(2)3)11-7-5-6-8-12(11)22-14/h4,10H,1,5-9H2,2-3H3,(H2,17,18,21). The maximum absolute atomic E-state index is 12.5. The van der Waals surface area contributed by atoms with Crippen LogP contribution in [0.25, 0.3) is 0 Å². The van der Waals surface area contributed by atoms with Crippen LogP contribution in [-0.4, -0.2) is 23.7 Å². The lowest BCUT2D eigenvalue weighted by atomic mass is 9.95. The molecule has 22 heavy (non-hydrogen) atoms. The van der Waals surface area contributed by atoms with Crippen LogP contribution in [0.2, 0.25) is 0 Å². The van der Waals surface area contributed by atoms with Gasteiger partial charge in [0.05, 0.1) is 11.7 Å². The van der Waals surface area contributed by atoms with Crippen molar-refractivity contribution in [1.82, 2.24) is 5.32 Å². The second-order valence-corrected chi connectivity index (χ2v) is 7.01. The molecular weight excluding hydrogens is 316 g/mol. The highest BCUT2D eigenvalue weighted by Gasteiger charge is 2.27. The van der Waals surface area contributed by atoms with E-state index in [0.29, 0.717) is 17.2 Å². The zero-order valence-corrected chi connectivity index (χ0v) is 14.7. The fourth-order valence-electron chi connectivity index (χ4n) is 2.46. The third kappa shape index (κ3) is 4.08. The number of esters is 1. The quantitative estimate of drug-likeness (QED) is 0.487. The number of carbonyl (C=O) groups excluding carboxylic acids is 1. The highest BCUT2D eigenvalue weighted by atomic mass is 32.1. The molecule has 1 aromatic rings. The van der Waals surface area contributed by atoms with Gasteiger partial charge in [-0.25, -0.2) is 4.79 Å². The van der Waals surface area contributed by atoms with Gasteiger partial charge in [-0.05, 0) is 57.3 Å². The molecule has 120 valence electrons. The zero-order chi connectivity index (χ0) is 16.1. The number of anilines is 1. The zero-order valence-electron chi connectivity index (χ0n) is 13.0. The fraction of sp³-hybridized carbons (Fsp3) is 0.500. The van der Waals surface area contributed by atoms with E-state index in [1.165, 1.54) is 11.3 Å². The van der Waals surface area contributed by atoms with Crippen molar-refractivity contribution in [2.75, 3.05) is 11.9 Å². The second-order valence-electron chi connectivity index (χ2n) is 5.49. The number of nitrogens with one attached hydrogen (secondary N) is 2. The lowest BCUT2D eigenvalue weighted by Crippen LogP contribution is -2.28. The summed E-state index contributed by atoms with van der Waals surface area (Å²) in [6.07, 6.45) is 5.85. The molecule has 0 aliphatic heterocycles. The highest BCUT2D eigenvalue weighted by molar-refractivity contribution is 7.80. The first-order valence-corrected chi connectivity index (χ1v) is 8.76. The first-order valence-electron chi connectivity index (χ1n) is 7.54. The lowest BCUT2D eigenvalue weighted by molar-refractivity contribution is 0.0378. The molecule has 1 aliphatic carbocycles. The Hall–Kier alpha value is -1.40. The first-order chi connectivity index (χ1) is 10.5. The van der Waals surface area contributed by atoms with Gasteiger partial charge in [0.15, 0.2) is 5.11 Å². The number of hydrogen-bond donors (Lipinski definition) is 2. The fourth-order valence-corrected chi connectivity index (χ4v) is 3.99. The second kappa shape index (κ2) is 7.74. The van der Waals surface area contributed by atoms with Gasteiger partial charge in [-0.2, -0.15) is 0 Å². The number of thiophene rings is 1. The molecule has 0 saturated carbocycles. The first kappa shape index (κ1) is 17.0. The number of carbonyl (C=O) groups is 1. The van der Waals surface area contributed by atoms with Crippen LogP contribution in [-0.2, 0) is 17.6 Å². The third-order valence-electron chi connectivity index (χ3n) is 3.35. The van der Waals surface area contributed by atoms with Crippen LogP contribution < -0.4 is 10.6 Å². The molecule has 0 aromatic carbocycles. The van der Waals surface area contributed by atoms with Gasteiger partial charge in [0, 0.05) is 11.4 Å². The Morgan fingerprint density at radius 3 is 2.86 bits per heavy atom. The van der Waals surface area contributed by atoms with Crippen molar-refractivity contribution >= 4 is 39.6 Å². The molecule has 1 aliphatic rings. The summed E-state index contributed by atoms with van der Waals surface area (Å²) in [5.74, 6) is -0.261. The minimum absolute atomic E-state index is 0.134. The minimum atomic E-state index is -0.261. The Kier molecular flexibility index (Phi) is 5.97. The van der Waals surface area contributed by atoms with Gasteiger partial charge < -0.3 is 15.4 Å². The Morgan fingerprint density at radius 2 is 2.18 bits per heavy atom. The van der Waals surface area contributed by atoms with Crippen LogP contribution in [0.15, 0.2) is 12.7 Å². The minimum Gasteiger partial charge on any atom is -0.459 e. The maximum Gasteiger partial charge on any atom is 0.341 e. The number of hydrogen-bond acceptors (Lipinski definition) is 4. The van der Waals surface area contributed by atoms with E-state index in [1.54, 1.807) is 17.4 Å². The number of ether oxygens (including phenoxy) is 1. The van der Waals surface area contributed by atoms with E-state index in [1.807, 2.05) is 13.8 Å². The van der Waals surface area contributed by atoms with Crippen molar-refractivity contribution in [2.24, 2.45) is 0 Å². The van der Waals surface area contributed by atoms with Gasteiger partial charge in [-0.3, -0.25) is 0 Å². The molecule has 6 heteroatoms. The molecule has 0 saturated heterocycles. The smallest absolute Gasteiger partial charge is 0.341 e. The highest BCUT2D eigenvalue weighted by Crippen LogP contribution is 2.38. The molecule has 0 amide bonds. The van der Waals surface area contributed by atoms with E-state index in [9.17, 15) is 4.79 Å². The predicted molar refractivity (Wildman–Crippen MR) is 95.9 cm³/mol. The van der Waals surface area contributed by atoms with Gasteiger partial charge in [0.2, 0.25) is 0 Å². The molecule has 2 N–H and O–H groups in total. The summed E-state index contributed by atoms with van der Waals surface area (Å²) in [4.78, 5) is 13.7. The molecule has 0 unspecified atom stereocenters. The van der Waals surface area contributed by atoms with Crippen LogP contribution in [0, 0.1) is 0 Å². The molecular formula is C16H22N2O2S2. The summed E-state index contributed by atoms with van der Waals surface area (Å²) in [5.41, 5.74) is 1.80. The predicted octanol–water partition coefficient (Wildman–Crippen LogP) is 3.66. The van der Waals surface area contributed by atoms with Crippen molar-refractivity contribution in [3.05, 3.63) is 28.7 Å². The van der Waals surface area contributed by atoms with E-state index in [0.717, 1.165) is 29.8 Å². The summed E-state index contributed by atoms with van der Waals surface area (Å²) in [5, 5.41) is 7.46. The van der Waals surface area contributed by atoms with Gasteiger partial charge in [-0.15, -0.1) is 17.9 Å². The van der Waals surface area contributed by atoms with Crippen LogP contribution in [0.5, 0.6) is 0 Å². The van der Waals surface area contributed by atoms with Crippen molar-refractivity contribution < 1.29 is 9.53 Å². The molecule has 0 fully saturated rings. The van der Waals surface area contributed by atoms with E-state index < -0.39 is 0 Å². The Bertz CT molecular complexity index is 579. The van der Waals surface area contributed by atoms with Crippen molar-refractivity contribution in [2.45, 2.75) is 45.6 Å². The van der Waals surface area contributed by atoms with Crippen LogP contribution >= 0.6 is 23.6 Å². The molecule has 0 radical (unpaired) electrons. The monoisotopic (exact) mass is 338 g/mol.